The van der Waals surface area contributed by atoms with Gasteiger partial charge in [0.05, 0.1) is 23.1 Å². The van der Waals surface area contributed by atoms with Gasteiger partial charge >= 0.3 is 0 Å². The van der Waals surface area contributed by atoms with Gasteiger partial charge < -0.3 is 14.8 Å². The van der Waals surface area contributed by atoms with Crippen molar-refractivity contribution < 1.29 is 9.32 Å². The van der Waals surface area contributed by atoms with Gasteiger partial charge in [-0.2, -0.15) is 0 Å². The number of H-pyrrole nitrogens is 1. The number of nitrogens with zero attached hydrogens (tertiary/aromatic N) is 2. The number of para-hydroxylation sites is 1. The molecule has 7 nitrogen and oxygen atoms in total. The first-order chi connectivity index (χ1) is 12.0. The van der Waals surface area contributed by atoms with Crippen LogP contribution in [0, 0.1) is 13.8 Å². The Bertz CT molecular complexity index is 954. The quantitative estimate of drug-likeness (QED) is 0.742. The fraction of sp³-hybridized carbons (Fsp3) is 0.333. The molecule has 7 heteroatoms. The SMILES string of the molecule is Cc1noc(C)c1C(C)CC(=O)NCc1nc2ccccc2c(=O)[nH]1. The molecular weight excluding hydrogens is 320 g/mol. The number of carbonyl (C=O) groups excluding carboxylic acids is 1. The number of aromatic nitrogens is 3. The van der Waals surface area contributed by atoms with Gasteiger partial charge in [0.1, 0.15) is 11.6 Å². The van der Waals surface area contributed by atoms with Crippen LogP contribution in [0.4, 0.5) is 0 Å². The van der Waals surface area contributed by atoms with E-state index in [4.69, 9.17) is 4.52 Å². The number of nitrogens with one attached hydrogen (secondary N) is 2. The molecule has 0 aliphatic heterocycles. The number of amides is 1. The second-order valence-corrected chi connectivity index (χ2v) is 6.15. The maximum absolute atomic E-state index is 12.2. The van der Waals surface area contributed by atoms with Crippen molar-refractivity contribution in [1.82, 2.24) is 20.4 Å². The Morgan fingerprint density at radius 2 is 2.08 bits per heavy atom. The maximum Gasteiger partial charge on any atom is 0.258 e. The molecule has 2 N–H and O–H groups in total. The van der Waals surface area contributed by atoms with E-state index in [9.17, 15) is 9.59 Å². The summed E-state index contributed by atoms with van der Waals surface area (Å²) in [6.45, 7) is 5.84. The standard InChI is InChI=1S/C18H20N4O3/c1-10(17-11(2)22-25-12(17)3)8-16(23)19-9-15-20-14-7-5-4-6-13(14)18(24)21-15/h4-7,10H,8-9H2,1-3H3,(H,19,23)(H,20,21,24). The van der Waals surface area contributed by atoms with Crippen LogP contribution in [0.25, 0.3) is 10.9 Å². The molecule has 0 aliphatic carbocycles. The van der Waals surface area contributed by atoms with Crippen LogP contribution >= 0.6 is 0 Å². The molecule has 0 bridgehead atoms. The molecule has 130 valence electrons. The number of hydrogen-bond donors (Lipinski definition) is 2. The summed E-state index contributed by atoms with van der Waals surface area (Å²) in [4.78, 5) is 31.3. The van der Waals surface area contributed by atoms with Crippen LogP contribution in [0.15, 0.2) is 33.6 Å². The molecule has 0 saturated carbocycles. The van der Waals surface area contributed by atoms with Gasteiger partial charge in [0.2, 0.25) is 5.91 Å². The third-order valence-electron chi connectivity index (χ3n) is 4.19. The molecule has 3 aromatic rings. The van der Waals surface area contributed by atoms with Gasteiger partial charge in [-0.1, -0.05) is 24.2 Å². The zero-order chi connectivity index (χ0) is 18.0. The molecule has 2 aromatic heterocycles. The molecule has 1 amide bonds. The molecular formula is C18H20N4O3. The molecule has 1 atom stereocenters. The largest absolute Gasteiger partial charge is 0.361 e. The Labute approximate surface area is 144 Å². The second-order valence-electron chi connectivity index (χ2n) is 6.15. The number of fused-ring (bicyclic) bond motifs is 1. The zero-order valence-electron chi connectivity index (χ0n) is 14.4. The van der Waals surface area contributed by atoms with Crippen molar-refractivity contribution in [3.05, 3.63) is 57.5 Å². The first kappa shape index (κ1) is 16.9. The Morgan fingerprint density at radius 1 is 1.32 bits per heavy atom. The molecule has 3 rings (SSSR count). The van der Waals surface area contributed by atoms with E-state index in [0.29, 0.717) is 23.1 Å². The van der Waals surface area contributed by atoms with Crippen molar-refractivity contribution in [2.45, 2.75) is 39.7 Å². The molecule has 0 saturated heterocycles. The fourth-order valence-corrected chi connectivity index (χ4v) is 3.05. The number of aryl methyl sites for hydroxylation is 2. The number of aromatic amines is 1. The predicted octanol–water partition coefficient (Wildman–Crippen LogP) is 2.34. The molecule has 0 aliphatic rings. The first-order valence-corrected chi connectivity index (χ1v) is 8.13. The van der Waals surface area contributed by atoms with Crippen molar-refractivity contribution >= 4 is 16.8 Å². The maximum atomic E-state index is 12.2. The molecule has 2 heterocycles. The monoisotopic (exact) mass is 340 g/mol. The molecule has 1 aromatic carbocycles. The zero-order valence-corrected chi connectivity index (χ0v) is 14.4. The van der Waals surface area contributed by atoms with Crippen LogP contribution in [0.1, 0.15) is 42.1 Å². The van der Waals surface area contributed by atoms with Gasteiger partial charge in [0, 0.05) is 12.0 Å². The Kier molecular flexibility index (Phi) is 4.65. The van der Waals surface area contributed by atoms with Gasteiger partial charge in [0.25, 0.3) is 5.56 Å². The lowest BCUT2D eigenvalue weighted by Crippen LogP contribution is -2.26. The van der Waals surface area contributed by atoms with Crippen LogP contribution in [0.5, 0.6) is 0 Å². The average Bonchev–Trinajstić information content (AvgIpc) is 2.92. The van der Waals surface area contributed by atoms with Crippen LogP contribution in [-0.4, -0.2) is 21.0 Å². The number of rotatable bonds is 5. The summed E-state index contributed by atoms with van der Waals surface area (Å²) in [5.74, 6) is 1.04. The highest BCUT2D eigenvalue weighted by Crippen LogP contribution is 2.25. The summed E-state index contributed by atoms with van der Waals surface area (Å²) in [6.07, 6.45) is 0.306. The van der Waals surface area contributed by atoms with Crippen molar-refractivity contribution in [2.75, 3.05) is 0 Å². The Balaban J connectivity index is 1.65. The number of benzene rings is 1. The van der Waals surface area contributed by atoms with Gasteiger partial charge in [0.15, 0.2) is 0 Å². The molecule has 1 unspecified atom stereocenters. The van der Waals surface area contributed by atoms with Gasteiger partial charge in [-0.25, -0.2) is 4.98 Å². The predicted molar refractivity (Wildman–Crippen MR) is 93.2 cm³/mol. The summed E-state index contributed by atoms with van der Waals surface area (Å²) in [6, 6.07) is 7.10. The molecule has 0 radical (unpaired) electrons. The number of carbonyl (C=O) groups is 1. The van der Waals surface area contributed by atoms with E-state index in [-0.39, 0.29) is 23.9 Å². The van der Waals surface area contributed by atoms with Crippen LogP contribution in [0.3, 0.4) is 0 Å². The van der Waals surface area contributed by atoms with E-state index in [2.05, 4.69) is 20.4 Å². The lowest BCUT2D eigenvalue weighted by Gasteiger charge is -2.11. The lowest BCUT2D eigenvalue weighted by atomic mass is 9.96. The highest BCUT2D eigenvalue weighted by molar-refractivity contribution is 5.78. The van der Waals surface area contributed by atoms with Crippen LogP contribution < -0.4 is 10.9 Å². The summed E-state index contributed by atoms with van der Waals surface area (Å²) in [7, 11) is 0. The summed E-state index contributed by atoms with van der Waals surface area (Å²) < 4.78 is 5.15. The minimum atomic E-state index is -0.209. The van der Waals surface area contributed by atoms with Crippen LogP contribution in [0.2, 0.25) is 0 Å². The Hall–Kier alpha value is -2.96. The van der Waals surface area contributed by atoms with Gasteiger partial charge in [-0.05, 0) is 31.9 Å². The van der Waals surface area contributed by atoms with Crippen molar-refractivity contribution in [2.24, 2.45) is 0 Å². The highest BCUT2D eigenvalue weighted by Gasteiger charge is 2.19. The summed E-state index contributed by atoms with van der Waals surface area (Å²) in [5, 5.41) is 7.25. The third kappa shape index (κ3) is 3.60. The van der Waals surface area contributed by atoms with Crippen LogP contribution in [-0.2, 0) is 11.3 Å². The lowest BCUT2D eigenvalue weighted by molar-refractivity contribution is -0.121. The van der Waals surface area contributed by atoms with Crippen molar-refractivity contribution in [3.63, 3.8) is 0 Å². The minimum Gasteiger partial charge on any atom is -0.361 e. The first-order valence-electron chi connectivity index (χ1n) is 8.13. The summed E-state index contributed by atoms with van der Waals surface area (Å²) >= 11 is 0. The fourth-order valence-electron chi connectivity index (χ4n) is 3.05. The highest BCUT2D eigenvalue weighted by atomic mass is 16.5. The van der Waals surface area contributed by atoms with E-state index >= 15 is 0 Å². The normalized spacial score (nSPS) is 12.3. The van der Waals surface area contributed by atoms with E-state index in [1.165, 1.54) is 0 Å². The van der Waals surface area contributed by atoms with E-state index in [1.54, 1.807) is 18.2 Å². The minimum absolute atomic E-state index is 0.00476. The number of hydrogen-bond acceptors (Lipinski definition) is 5. The second kappa shape index (κ2) is 6.88. The molecule has 0 fully saturated rings. The molecule has 25 heavy (non-hydrogen) atoms. The van der Waals surface area contributed by atoms with Crippen molar-refractivity contribution in [3.8, 4) is 0 Å². The topological polar surface area (TPSA) is 101 Å². The van der Waals surface area contributed by atoms with Gasteiger partial charge in [-0.15, -0.1) is 0 Å². The summed E-state index contributed by atoms with van der Waals surface area (Å²) in [5.41, 5.74) is 2.17. The Morgan fingerprint density at radius 3 is 2.80 bits per heavy atom. The van der Waals surface area contributed by atoms with E-state index in [0.717, 1.165) is 17.0 Å². The average molecular weight is 340 g/mol. The van der Waals surface area contributed by atoms with Gasteiger partial charge in [-0.3, -0.25) is 9.59 Å². The van der Waals surface area contributed by atoms with Crippen molar-refractivity contribution in [1.29, 1.82) is 0 Å². The van der Waals surface area contributed by atoms with E-state index in [1.807, 2.05) is 26.8 Å². The van der Waals surface area contributed by atoms with E-state index < -0.39 is 0 Å². The smallest absolute Gasteiger partial charge is 0.258 e. The molecule has 0 spiro atoms. The third-order valence-corrected chi connectivity index (χ3v) is 4.19.